The van der Waals surface area contributed by atoms with Gasteiger partial charge in [0.1, 0.15) is 5.82 Å². The number of fused-ring (bicyclic) bond motifs is 1. The van der Waals surface area contributed by atoms with E-state index in [2.05, 4.69) is 10.3 Å². The van der Waals surface area contributed by atoms with Gasteiger partial charge in [-0.3, -0.25) is 4.79 Å². The molecule has 18 heavy (non-hydrogen) atoms. The number of pyridine rings is 1. The second-order valence-electron chi connectivity index (χ2n) is 3.94. The lowest BCUT2D eigenvalue weighted by Gasteiger charge is -2.05. The summed E-state index contributed by atoms with van der Waals surface area (Å²) in [5.41, 5.74) is 2.48. The Labute approximate surface area is 103 Å². The van der Waals surface area contributed by atoms with Gasteiger partial charge in [-0.1, -0.05) is 30.4 Å². The molecule has 4 heteroatoms. The molecule has 0 saturated heterocycles. The molecule has 0 saturated carbocycles. The van der Waals surface area contributed by atoms with Gasteiger partial charge in [-0.25, -0.2) is 4.98 Å². The summed E-state index contributed by atoms with van der Waals surface area (Å²) in [5.74, 6) is -0.691. The third-order valence-corrected chi connectivity index (χ3v) is 2.77. The van der Waals surface area contributed by atoms with E-state index < -0.39 is 5.95 Å². The zero-order chi connectivity index (χ0) is 12.5. The van der Waals surface area contributed by atoms with Crippen LogP contribution in [0.25, 0.3) is 0 Å². The van der Waals surface area contributed by atoms with Gasteiger partial charge in [-0.05, 0) is 29.4 Å². The van der Waals surface area contributed by atoms with Gasteiger partial charge in [-0.15, -0.1) is 0 Å². The molecule has 0 aliphatic heterocycles. The number of allylic oxidation sites excluding steroid dienone is 6. The molecule has 0 aromatic carbocycles. The second-order valence-corrected chi connectivity index (χ2v) is 3.94. The van der Waals surface area contributed by atoms with Crippen molar-refractivity contribution in [1.82, 2.24) is 4.98 Å². The van der Waals surface area contributed by atoms with Crippen molar-refractivity contribution in [2.75, 3.05) is 5.32 Å². The summed E-state index contributed by atoms with van der Waals surface area (Å²) in [5, 5.41) is 2.58. The van der Waals surface area contributed by atoms with Crippen molar-refractivity contribution in [3.05, 3.63) is 71.2 Å². The Morgan fingerprint density at radius 2 is 2.11 bits per heavy atom. The van der Waals surface area contributed by atoms with Gasteiger partial charge < -0.3 is 5.32 Å². The number of rotatable bonds is 2. The monoisotopic (exact) mass is 240 g/mol. The minimum atomic E-state index is -0.617. The number of anilines is 1. The Kier molecular flexibility index (Phi) is 2.41. The lowest BCUT2D eigenvalue weighted by atomic mass is 10.1. The van der Waals surface area contributed by atoms with Gasteiger partial charge >= 0.3 is 0 Å². The van der Waals surface area contributed by atoms with E-state index in [0.29, 0.717) is 5.57 Å². The highest BCUT2D eigenvalue weighted by Gasteiger charge is 2.20. The summed E-state index contributed by atoms with van der Waals surface area (Å²) in [6.45, 7) is 0. The van der Waals surface area contributed by atoms with Crippen LogP contribution >= 0.6 is 0 Å². The smallest absolute Gasteiger partial charge is 0.257 e. The molecule has 2 aliphatic rings. The van der Waals surface area contributed by atoms with Crippen LogP contribution in [0.5, 0.6) is 0 Å². The average Bonchev–Trinajstić information content (AvgIpc) is 2.89. The fourth-order valence-electron chi connectivity index (χ4n) is 1.95. The van der Waals surface area contributed by atoms with Crippen molar-refractivity contribution in [1.29, 1.82) is 0 Å². The molecule has 1 N–H and O–H groups in total. The first-order valence-corrected chi connectivity index (χ1v) is 5.49. The van der Waals surface area contributed by atoms with Crippen LogP contribution in [0, 0.1) is 5.95 Å². The van der Waals surface area contributed by atoms with Gasteiger partial charge in [-0.2, -0.15) is 4.39 Å². The number of aromatic nitrogens is 1. The minimum Gasteiger partial charge on any atom is -0.306 e. The molecule has 0 fully saturated rings. The Balaban J connectivity index is 1.85. The third-order valence-electron chi connectivity index (χ3n) is 2.77. The topological polar surface area (TPSA) is 42.0 Å². The van der Waals surface area contributed by atoms with E-state index >= 15 is 0 Å². The number of nitrogens with zero attached hydrogens (tertiary/aromatic N) is 1. The summed E-state index contributed by atoms with van der Waals surface area (Å²) in [7, 11) is 0. The summed E-state index contributed by atoms with van der Waals surface area (Å²) < 4.78 is 12.9. The molecule has 1 aromatic heterocycles. The van der Waals surface area contributed by atoms with Gasteiger partial charge in [0.15, 0.2) is 0 Å². The van der Waals surface area contributed by atoms with Crippen molar-refractivity contribution < 1.29 is 9.18 Å². The van der Waals surface area contributed by atoms with Crippen LogP contribution in [-0.4, -0.2) is 10.9 Å². The number of hydrogen-bond acceptors (Lipinski definition) is 2. The van der Waals surface area contributed by atoms with Gasteiger partial charge in [0.25, 0.3) is 5.91 Å². The number of nitrogens with one attached hydrogen (secondary N) is 1. The molecule has 0 unspecified atom stereocenters. The Bertz CT molecular complexity index is 654. The molecular formula is C14H9FN2O. The molecule has 0 radical (unpaired) electrons. The van der Waals surface area contributed by atoms with Crippen LogP contribution in [0.4, 0.5) is 10.2 Å². The SMILES string of the molecule is O=C(Nc1cccc(F)n1)C1=C2C=CC=C2C=C1. The normalized spacial score (nSPS) is 15.9. The number of halogens is 1. The second kappa shape index (κ2) is 4.07. The van der Waals surface area contributed by atoms with Crippen LogP contribution in [0.2, 0.25) is 0 Å². The molecule has 3 nitrogen and oxygen atoms in total. The predicted molar refractivity (Wildman–Crippen MR) is 66.2 cm³/mol. The Hall–Kier alpha value is -2.49. The average molecular weight is 240 g/mol. The van der Waals surface area contributed by atoms with E-state index in [1.807, 2.05) is 24.3 Å². The van der Waals surface area contributed by atoms with Crippen LogP contribution in [0.15, 0.2) is 65.3 Å². The number of hydrogen-bond donors (Lipinski definition) is 1. The lowest BCUT2D eigenvalue weighted by molar-refractivity contribution is -0.112. The molecule has 1 aromatic rings. The maximum absolute atomic E-state index is 12.9. The fraction of sp³-hybridized carbons (Fsp3) is 0. The summed E-state index contributed by atoms with van der Waals surface area (Å²) in [6, 6.07) is 4.28. The Morgan fingerprint density at radius 3 is 2.94 bits per heavy atom. The highest BCUT2D eigenvalue weighted by Crippen LogP contribution is 2.30. The van der Waals surface area contributed by atoms with Crippen LogP contribution in [0.1, 0.15) is 0 Å². The molecule has 88 valence electrons. The molecule has 2 aliphatic carbocycles. The van der Waals surface area contributed by atoms with Crippen molar-refractivity contribution in [2.24, 2.45) is 0 Å². The minimum absolute atomic E-state index is 0.209. The summed E-state index contributed by atoms with van der Waals surface area (Å²) >= 11 is 0. The summed E-state index contributed by atoms with van der Waals surface area (Å²) in [6.07, 6.45) is 9.33. The zero-order valence-corrected chi connectivity index (χ0v) is 9.35. The quantitative estimate of drug-likeness (QED) is 0.807. The molecule has 0 bridgehead atoms. The van der Waals surface area contributed by atoms with Gasteiger partial charge in [0.2, 0.25) is 5.95 Å². The van der Waals surface area contributed by atoms with E-state index in [9.17, 15) is 9.18 Å². The largest absolute Gasteiger partial charge is 0.306 e. The predicted octanol–water partition coefficient (Wildman–Crippen LogP) is 2.52. The van der Waals surface area contributed by atoms with Crippen molar-refractivity contribution in [3.8, 4) is 0 Å². The van der Waals surface area contributed by atoms with E-state index in [4.69, 9.17) is 0 Å². The van der Waals surface area contributed by atoms with E-state index in [1.54, 1.807) is 12.1 Å². The zero-order valence-electron chi connectivity index (χ0n) is 9.35. The fourth-order valence-corrected chi connectivity index (χ4v) is 1.95. The van der Waals surface area contributed by atoms with Crippen LogP contribution < -0.4 is 5.32 Å². The standard InChI is InChI=1S/C14H9FN2O/c15-12-5-2-6-13(16-12)17-14(18)11-8-7-9-3-1-4-10(9)11/h1-8H,(H,16,17,18). The molecule has 1 amide bonds. The van der Waals surface area contributed by atoms with Crippen molar-refractivity contribution in [3.63, 3.8) is 0 Å². The molecule has 0 spiro atoms. The Morgan fingerprint density at radius 1 is 1.22 bits per heavy atom. The van der Waals surface area contributed by atoms with E-state index in [-0.39, 0.29) is 11.7 Å². The van der Waals surface area contributed by atoms with E-state index in [1.165, 1.54) is 12.1 Å². The van der Waals surface area contributed by atoms with Crippen molar-refractivity contribution in [2.45, 2.75) is 0 Å². The lowest BCUT2D eigenvalue weighted by Crippen LogP contribution is -2.14. The maximum Gasteiger partial charge on any atom is 0.257 e. The molecular weight excluding hydrogens is 231 g/mol. The first kappa shape index (κ1) is 10.7. The third kappa shape index (κ3) is 1.78. The summed E-state index contributed by atoms with van der Waals surface area (Å²) in [4.78, 5) is 15.6. The molecule has 1 heterocycles. The highest BCUT2D eigenvalue weighted by atomic mass is 19.1. The molecule has 0 atom stereocenters. The first-order valence-electron chi connectivity index (χ1n) is 5.49. The van der Waals surface area contributed by atoms with Crippen LogP contribution in [0.3, 0.4) is 0 Å². The maximum atomic E-state index is 12.9. The first-order chi connectivity index (χ1) is 8.74. The number of amides is 1. The van der Waals surface area contributed by atoms with Gasteiger partial charge in [0, 0.05) is 5.57 Å². The number of carbonyl (C=O) groups excluding carboxylic acids is 1. The van der Waals surface area contributed by atoms with Crippen molar-refractivity contribution >= 4 is 11.7 Å². The highest BCUT2D eigenvalue weighted by molar-refractivity contribution is 6.08. The molecule has 3 rings (SSSR count). The van der Waals surface area contributed by atoms with Crippen LogP contribution in [-0.2, 0) is 4.79 Å². The van der Waals surface area contributed by atoms with Gasteiger partial charge in [0.05, 0.1) is 0 Å². The number of carbonyl (C=O) groups is 1. The van der Waals surface area contributed by atoms with E-state index in [0.717, 1.165) is 11.1 Å².